The van der Waals surface area contributed by atoms with Crippen LogP contribution in [0.25, 0.3) is 21.7 Å². The fourth-order valence-corrected chi connectivity index (χ4v) is 2.60. The molecule has 8 heteroatoms. The molecular weight excluding hydrogens is 356 g/mol. The van der Waals surface area contributed by atoms with Crippen LogP contribution in [0, 0.1) is 0 Å². The average molecular weight is 370 g/mol. The summed E-state index contributed by atoms with van der Waals surface area (Å²) in [5.74, 6) is -2.83. The van der Waals surface area contributed by atoms with Crippen LogP contribution in [0.5, 0.6) is 11.5 Å². The van der Waals surface area contributed by atoms with E-state index in [1.807, 2.05) is 0 Å². The van der Waals surface area contributed by atoms with Gasteiger partial charge in [0.25, 0.3) is 0 Å². The molecular formula is C19H14O8-2. The zero-order chi connectivity index (χ0) is 19.7. The lowest BCUT2D eigenvalue weighted by Crippen LogP contribution is -2.37. The van der Waals surface area contributed by atoms with E-state index in [2.05, 4.69) is 0 Å². The molecule has 0 bridgehead atoms. The van der Waals surface area contributed by atoms with Crippen molar-refractivity contribution in [3.05, 3.63) is 46.8 Å². The zero-order valence-electron chi connectivity index (χ0n) is 14.4. The number of hydrogen-bond acceptors (Lipinski definition) is 8. The summed E-state index contributed by atoms with van der Waals surface area (Å²) in [6.45, 7) is 2.54. The van der Waals surface area contributed by atoms with Crippen LogP contribution in [0.3, 0.4) is 0 Å². The van der Waals surface area contributed by atoms with Gasteiger partial charge >= 0.3 is 5.63 Å². The number of carbonyl (C=O) groups excluding carboxylic acids is 2. The van der Waals surface area contributed by atoms with Crippen LogP contribution in [-0.2, 0) is 9.59 Å². The number of aliphatic carboxylic acids is 2. The fourth-order valence-electron chi connectivity index (χ4n) is 2.60. The van der Waals surface area contributed by atoms with Gasteiger partial charge in [-0.15, -0.1) is 0 Å². The summed E-state index contributed by atoms with van der Waals surface area (Å²) in [4.78, 5) is 34.2. The van der Waals surface area contributed by atoms with Gasteiger partial charge in [0.2, 0.25) is 0 Å². The van der Waals surface area contributed by atoms with E-state index in [4.69, 9.17) is 13.9 Å². The Hall–Kier alpha value is -3.55. The third-order valence-corrected chi connectivity index (χ3v) is 3.94. The molecule has 27 heavy (non-hydrogen) atoms. The van der Waals surface area contributed by atoms with E-state index in [1.54, 1.807) is 24.3 Å². The van der Waals surface area contributed by atoms with Gasteiger partial charge < -0.3 is 33.7 Å². The minimum atomic E-state index is -1.45. The first-order valence-corrected chi connectivity index (χ1v) is 8.02. The minimum absolute atomic E-state index is 0.0122. The SMILES string of the molecule is CC(Oc1cc(OC(C)C(=O)[O-])c2c(c1)oc(=O)c1ccccc12)C(=O)[O-]. The van der Waals surface area contributed by atoms with Crippen LogP contribution in [0.15, 0.2) is 45.6 Å². The van der Waals surface area contributed by atoms with Crippen molar-refractivity contribution in [1.29, 1.82) is 0 Å². The molecule has 0 N–H and O–H groups in total. The van der Waals surface area contributed by atoms with Gasteiger partial charge in [-0.2, -0.15) is 0 Å². The van der Waals surface area contributed by atoms with Crippen molar-refractivity contribution in [3.63, 3.8) is 0 Å². The first-order valence-electron chi connectivity index (χ1n) is 8.02. The molecule has 0 spiro atoms. The highest BCUT2D eigenvalue weighted by Gasteiger charge is 2.17. The number of hydrogen-bond donors (Lipinski definition) is 0. The molecule has 0 saturated heterocycles. The van der Waals surface area contributed by atoms with E-state index < -0.39 is 29.8 Å². The van der Waals surface area contributed by atoms with Crippen molar-refractivity contribution in [2.24, 2.45) is 0 Å². The molecule has 2 atom stereocenters. The van der Waals surface area contributed by atoms with Gasteiger partial charge in [0, 0.05) is 17.5 Å². The monoisotopic (exact) mass is 370 g/mol. The number of ether oxygens (including phenoxy) is 2. The predicted molar refractivity (Wildman–Crippen MR) is 90.2 cm³/mol. The second-order valence-electron chi connectivity index (χ2n) is 5.89. The van der Waals surface area contributed by atoms with Crippen LogP contribution in [0.2, 0.25) is 0 Å². The lowest BCUT2D eigenvalue weighted by molar-refractivity contribution is -0.313. The van der Waals surface area contributed by atoms with Gasteiger partial charge in [-0.05, 0) is 19.9 Å². The quantitative estimate of drug-likeness (QED) is 0.437. The number of carboxylic acids is 2. The van der Waals surface area contributed by atoms with Crippen molar-refractivity contribution < 1.29 is 33.7 Å². The predicted octanol–water partition coefficient (Wildman–Crippen LogP) is -0.0194. The number of carboxylic acid groups (broad SMARTS) is 2. The Bertz CT molecular complexity index is 1100. The van der Waals surface area contributed by atoms with E-state index in [0.29, 0.717) is 10.8 Å². The molecule has 140 valence electrons. The van der Waals surface area contributed by atoms with Crippen LogP contribution < -0.4 is 25.3 Å². The van der Waals surface area contributed by atoms with Gasteiger partial charge in [-0.25, -0.2) is 4.79 Å². The van der Waals surface area contributed by atoms with Crippen LogP contribution in [0.4, 0.5) is 0 Å². The summed E-state index contributed by atoms with van der Waals surface area (Å²) >= 11 is 0. The maximum atomic E-state index is 12.2. The molecule has 0 amide bonds. The fraction of sp³-hybridized carbons (Fsp3) is 0.211. The zero-order valence-corrected chi connectivity index (χ0v) is 14.4. The maximum absolute atomic E-state index is 12.2. The van der Waals surface area contributed by atoms with E-state index >= 15 is 0 Å². The van der Waals surface area contributed by atoms with Crippen LogP contribution in [0.1, 0.15) is 13.8 Å². The van der Waals surface area contributed by atoms with Crippen LogP contribution >= 0.6 is 0 Å². The van der Waals surface area contributed by atoms with Gasteiger partial charge in [0.1, 0.15) is 29.3 Å². The van der Waals surface area contributed by atoms with Crippen molar-refractivity contribution >= 4 is 33.7 Å². The normalized spacial score (nSPS) is 13.3. The van der Waals surface area contributed by atoms with Crippen molar-refractivity contribution in [3.8, 4) is 11.5 Å². The van der Waals surface area contributed by atoms with Crippen LogP contribution in [-0.4, -0.2) is 24.1 Å². The summed E-state index contributed by atoms with van der Waals surface area (Å²) in [6, 6.07) is 9.25. The van der Waals surface area contributed by atoms with Crippen molar-refractivity contribution in [2.75, 3.05) is 0 Å². The lowest BCUT2D eigenvalue weighted by atomic mass is 10.1. The summed E-state index contributed by atoms with van der Waals surface area (Å²) in [6.07, 6.45) is -2.60. The Balaban J connectivity index is 2.28. The van der Waals surface area contributed by atoms with Crippen molar-refractivity contribution in [2.45, 2.75) is 26.1 Å². The van der Waals surface area contributed by atoms with E-state index in [0.717, 1.165) is 0 Å². The molecule has 0 aliphatic rings. The molecule has 8 nitrogen and oxygen atoms in total. The summed E-state index contributed by atoms with van der Waals surface area (Å²) in [5.41, 5.74) is -0.551. The molecule has 0 fully saturated rings. The molecule has 2 aromatic carbocycles. The summed E-state index contributed by atoms with van der Waals surface area (Å²) in [5, 5.41) is 23.1. The molecule has 0 radical (unpaired) electrons. The van der Waals surface area contributed by atoms with Crippen molar-refractivity contribution in [1.82, 2.24) is 0 Å². The largest absolute Gasteiger partial charge is 0.546 e. The topological polar surface area (TPSA) is 129 Å². The molecule has 1 aromatic heterocycles. The molecule has 3 aromatic rings. The lowest BCUT2D eigenvalue weighted by Gasteiger charge is -2.20. The summed E-state index contributed by atoms with van der Waals surface area (Å²) in [7, 11) is 0. The molecule has 3 rings (SSSR count). The molecule has 1 heterocycles. The van der Waals surface area contributed by atoms with Gasteiger partial charge in [0.15, 0.2) is 0 Å². The van der Waals surface area contributed by atoms with Gasteiger partial charge in [-0.3, -0.25) is 0 Å². The average Bonchev–Trinajstić information content (AvgIpc) is 2.61. The second-order valence-corrected chi connectivity index (χ2v) is 5.89. The van der Waals surface area contributed by atoms with Gasteiger partial charge in [0.05, 0.1) is 22.7 Å². The Morgan fingerprint density at radius 2 is 1.56 bits per heavy atom. The Morgan fingerprint density at radius 3 is 2.19 bits per heavy atom. The molecule has 0 aliphatic heterocycles. The molecule has 0 saturated carbocycles. The Morgan fingerprint density at radius 1 is 0.963 bits per heavy atom. The van der Waals surface area contributed by atoms with E-state index in [-0.39, 0.29) is 22.5 Å². The highest BCUT2D eigenvalue weighted by Crippen LogP contribution is 2.36. The number of fused-ring (bicyclic) bond motifs is 3. The van der Waals surface area contributed by atoms with Gasteiger partial charge in [-0.1, -0.05) is 18.2 Å². The van der Waals surface area contributed by atoms with E-state index in [9.17, 15) is 24.6 Å². The minimum Gasteiger partial charge on any atom is -0.546 e. The highest BCUT2D eigenvalue weighted by molar-refractivity contribution is 6.08. The number of carbonyl (C=O) groups is 2. The molecule has 0 aliphatic carbocycles. The highest BCUT2D eigenvalue weighted by atomic mass is 16.5. The Labute approximate surface area is 152 Å². The number of benzene rings is 2. The third-order valence-electron chi connectivity index (χ3n) is 3.94. The second kappa shape index (κ2) is 6.99. The Kier molecular flexibility index (Phi) is 4.72. The first kappa shape index (κ1) is 18.2. The smallest absolute Gasteiger partial charge is 0.344 e. The van der Waals surface area contributed by atoms with E-state index in [1.165, 1.54) is 26.0 Å². The molecule has 2 unspecified atom stereocenters. The standard InChI is InChI=1S/C19H16O8/c1-9(17(20)21)25-11-7-14(26-10(2)18(22)23)16-12-5-3-4-6-13(12)19(24)27-15(16)8-11/h3-10H,1-2H3,(H,20,21)(H,22,23)/p-2. The maximum Gasteiger partial charge on any atom is 0.344 e. The third kappa shape index (κ3) is 3.55. The first-order chi connectivity index (χ1) is 12.8. The summed E-state index contributed by atoms with van der Waals surface area (Å²) < 4.78 is 16.0. The number of rotatable bonds is 6.